The van der Waals surface area contributed by atoms with Crippen LogP contribution >= 0.6 is 0 Å². The molecule has 4 heteroatoms. The Balaban J connectivity index is 2.08. The Morgan fingerprint density at radius 3 is 2.93 bits per heavy atom. The first kappa shape index (κ1) is 8.99. The van der Waals surface area contributed by atoms with Crippen LogP contribution in [0.25, 0.3) is 0 Å². The molecule has 0 aliphatic carbocycles. The molecule has 2 rings (SSSR count). The molecule has 0 radical (unpaired) electrons. The molecule has 1 fully saturated rings. The summed E-state index contributed by atoms with van der Waals surface area (Å²) in [5, 5.41) is 8.82. The quantitative estimate of drug-likeness (QED) is 0.759. The first-order valence-corrected chi connectivity index (χ1v) is 4.60. The van der Waals surface area contributed by atoms with Crippen LogP contribution in [0.5, 0.6) is 0 Å². The Bertz CT molecular complexity index is 339. The third kappa shape index (κ3) is 1.32. The van der Waals surface area contributed by atoms with Gasteiger partial charge in [0.1, 0.15) is 5.82 Å². The Morgan fingerprint density at radius 2 is 2.43 bits per heavy atom. The maximum Gasteiger partial charge on any atom is 0.310 e. The van der Waals surface area contributed by atoms with Gasteiger partial charge < -0.3 is 10.0 Å². The van der Waals surface area contributed by atoms with Crippen molar-refractivity contribution >= 4 is 11.8 Å². The highest BCUT2D eigenvalue weighted by Gasteiger charge is 2.40. The van der Waals surface area contributed by atoms with E-state index in [4.69, 9.17) is 5.11 Å². The summed E-state index contributed by atoms with van der Waals surface area (Å²) in [6.45, 7) is 2.48. The summed E-state index contributed by atoms with van der Waals surface area (Å²) in [6, 6.07) is 5.70. The van der Waals surface area contributed by atoms with Gasteiger partial charge in [0.2, 0.25) is 0 Å². The van der Waals surface area contributed by atoms with Gasteiger partial charge in [0.25, 0.3) is 0 Å². The molecule has 0 bridgehead atoms. The minimum Gasteiger partial charge on any atom is -0.481 e. The molecule has 1 aliphatic heterocycles. The first-order valence-electron chi connectivity index (χ1n) is 4.60. The average molecular weight is 192 g/mol. The molecule has 1 aliphatic rings. The first-order chi connectivity index (χ1) is 6.70. The van der Waals surface area contributed by atoms with Crippen molar-refractivity contribution in [3.05, 3.63) is 24.4 Å². The third-order valence-corrected chi connectivity index (χ3v) is 2.73. The number of hydrogen-bond donors (Lipinski definition) is 1. The zero-order valence-corrected chi connectivity index (χ0v) is 7.92. The van der Waals surface area contributed by atoms with Crippen molar-refractivity contribution in [2.45, 2.75) is 13.0 Å². The zero-order chi connectivity index (χ0) is 10.1. The van der Waals surface area contributed by atoms with Crippen molar-refractivity contribution in [1.29, 1.82) is 0 Å². The molecule has 74 valence electrons. The topological polar surface area (TPSA) is 53.4 Å². The standard InChI is InChI=1S/C10H12N2O2/c1-7-8(10(13)14)6-12(7)9-4-2-3-5-11-9/h2-5,7-8H,6H2,1H3,(H,13,14)/t7-,8+/m0/s1. The number of aromatic nitrogens is 1. The number of aliphatic carboxylic acids is 1. The summed E-state index contributed by atoms with van der Waals surface area (Å²) in [6.07, 6.45) is 1.72. The minimum atomic E-state index is -0.718. The summed E-state index contributed by atoms with van der Waals surface area (Å²) in [4.78, 5) is 16.9. The maximum atomic E-state index is 10.7. The summed E-state index contributed by atoms with van der Waals surface area (Å²) < 4.78 is 0. The van der Waals surface area contributed by atoms with Crippen LogP contribution in [0.2, 0.25) is 0 Å². The lowest BCUT2D eigenvalue weighted by atomic mass is 9.90. The predicted octanol–water partition coefficient (Wildman–Crippen LogP) is 0.991. The van der Waals surface area contributed by atoms with Gasteiger partial charge in [-0.3, -0.25) is 4.79 Å². The molecular weight excluding hydrogens is 180 g/mol. The van der Waals surface area contributed by atoms with Crippen molar-refractivity contribution in [2.75, 3.05) is 11.4 Å². The summed E-state index contributed by atoms with van der Waals surface area (Å²) in [5.74, 6) is -0.112. The monoisotopic (exact) mass is 192 g/mol. The van der Waals surface area contributed by atoms with E-state index in [0.717, 1.165) is 5.82 Å². The van der Waals surface area contributed by atoms with Gasteiger partial charge in [-0.2, -0.15) is 0 Å². The van der Waals surface area contributed by atoms with E-state index in [9.17, 15) is 4.79 Å². The lowest BCUT2D eigenvalue weighted by Crippen LogP contribution is -2.58. The number of carboxylic acid groups (broad SMARTS) is 1. The number of nitrogens with zero attached hydrogens (tertiary/aromatic N) is 2. The van der Waals surface area contributed by atoms with Crippen LogP contribution in [0.1, 0.15) is 6.92 Å². The molecule has 0 spiro atoms. The fraction of sp³-hybridized carbons (Fsp3) is 0.400. The Hall–Kier alpha value is -1.58. The lowest BCUT2D eigenvalue weighted by molar-refractivity contribution is -0.143. The van der Waals surface area contributed by atoms with Crippen molar-refractivity contribution in [2.24, 2.45) is 5.92 Å². The largest absolute Gasteiger partial charge is 0.481 e. The van der Waals surface area contributed by atoms with Gasteiger partial charge in [0, 0.05) is 18.8 Å². The summed E-state index contributed by atoms with van der Waals surface area (Å²) in [5.41, 5.74) is 0. The SMILES string of the molecule is C[C@H]1[C@H](C(=O)O)CN1c1ccccn1. The molecule has 1 saturated heterocycles. The van der Waals surface area contributed by atoms with Gasteiger partial charge in [-0.25, -0.2) is 4.98 Å². The van der Waals surface area contributed by atoms with E-state index in [1.54, 1.807) is 6.20 Å². The van der Waals surface area contributed by atoms with E-state index < -0.39 is 5.97 Å². The Kier molecular flexibility index (Phi) is 2.11. The van der Waals surface area contributed by atoms with Gasteiger partial charge >= 0.3 is 5.97 Å². The maximum absolute atomic E-state index is 10.7. The van der Waals surface area contributed by atoms with Gasteiger partial charge in [-0.15, -0.1) is 0 Å². The zero-order valence-electron chi connectivity index (χ0n) is 7.92. The van der Waals surface area contributed by atoms with E-state index in [1.165, 1.54) is 0 Å². The van der Waals surface area contributed by atoms with Crippen LogP contribution in [-0.2, 0) is 4.79 Å². The molecule has 1 aromatic rings. The summed E-state index contributed by atoms with van der Waals surface area (Å²) >= 11 is 0. The van der Waals surface area contributed by atoms with Gasteiger partial charge in [0.05, 0.1) is 5.92 Å². The van der Waals surface area contributed by atoms with E-state index in [1.807, 2.05) is 30.0 Å². The predicted molar refractivity (Wildman–Crippen MR) is 52.2 cm³/mol. The molecule has 2 heterocycles. The average Bonchev–Trinajstić information content (AvgIpc) is 2.17. The minimum absolute atomic E-state index is 0.0439. The van der Waals surface area contributed by atoms with E-state index in [2.05, 4.69) is 4.98 Å². The van der Waals surface area contributed by atoms with Crippen molar-refractivity contribution in [3.63, 3.8) is 0 Å². The second kappa shape index (κ2) is 3.29. The molecule has 4 nitrogen and oxygen atoms in total. The molecule has 0 saturated carbocycles. The fourth-order valence-electron chi connectivity index (χ4n) is 1.72. The van der Waals surface area contributed by atoms with E-state index >= 15 is 0 Å². The van der Waals surface area contributed by atoms with Gasteiger partial charge in [-0.1, -0.05) is 6.07 Å². The second-order valence-corrected chi connectivity index (χ2v) is 3.53. The van der Waals surface area contributed by atoms with Crippen LogP contribution in [-0.4, -0.2) is 28.6 Å². The molecule has 14 heavy (non-hydrogen) atoms. The molecular formula is C10H12N2O2. The Morgan fingerprint density at radius 1 is 1.64 bits per heavy atom. The van der Waals surface area contributed by atoms with Crippen LogP contribution < -0.4 is 4.90 Å². The number of anilines is 1. The van der Waals surface area contributed by atoms with E-state index in [-0.39, 0.29) is 12.0 Å². The molecule has 0 aromatic carbocycles. The second-order valence-electron chi connectivity index (χ2n) is 3.53. The van der Waals surface area contributed by atoms with Crippen molar-refractivity contribution < 1.29 is 9.90 Å². The van der Waals surface area contributed by atoms with Crippen LogP contribution in [0.3, 0.4) is 0 Å². The van der Waals surface area contributed by atoms with Crippen LogP contribution in [0.4, 0.5) is 5.82 Å². The Labute approximate surface area is 82.2 Å². The molecule has 0 unspecified atom stereocenters. The molecule has 2 atom stereocenters. The number of rotatable bonds is 2. The summed E-state index contributed by atoms with van der Waals surface area (Å²) in [7, 11) is 0. The third-order valence-electron chi connectivity index (χ3n) is 2.73. The number of pyridine rings is 1. The van der Waals surface area contributed by atoms with Crippen molar-refractivity contribution in [3.8, 4) is 0 Å². The number of hydrogen-bond acceptors (Lipinski definition) is 3. The van der Waals surface area contributed by atoms with Crippen LogP contribution in [0.15, 0.2) is 24.4 Å². The molecule has 1 aromatic heterocycles. The molecule has 0 amide bonds. The highest BCUT2D eigenvalue weighted by Crippen LogP contribution is 2.29. The number of carboxylic acids is 1. The van der Waals surface area contributed by atoms with E-state index in [0.29, 0.717) is 6.54 Å². The highest BCUT2D eigenvalue weighted by molar-refractivity contribution is 5.75. The van der Waals surface area contributed by atoms with Crippen molar-refractivity contribution in [1.82, 2.24) is 4.98 Å². The van der Waals surface area contributed by atoms with Gasteiger partial charge in [-0.05, 0) is 19.1 Å². The molecule has 1 N–H and O–H groups in total. The lowest BCUT2D eigenvalue weighted by Gasteiger charge is -2.44. The van der Waals surface area contributed by atoms with Gasteiger partial charge in [0.15, 0.2) is 0 Å². The van der Waals surface area contributed by atoms with Crippen LogP contribution in [0, 0.1) is 5.92 Å². The number of carbonyl (C=O) groups is 1. The normalized spacial score (nSPS) is 25.6. The smallest absolute Gasteiger partial charge is 0.310 e. The fourth-order valence-corrected chi connectivity index (χ4v) is 1.72. The highest BCUT2D eigenvalue weighted by atomic mass is 16.4.